The van der Waals surface area contributed by atoms with E-state index in [0.29, 0.717) is 22.0 Å². The molecule has 1 heterocycles. The molecule has 1 amide bonds. The second-order valence-electron chi connectivity index (χ2n) is 7.19. The van der Waals surface area contributed by atoms with Crippen LogP contribution in [-0.2, 0) is 6.42 Å². The quantitative estimate of drug-likeness (QED) is 0.373. The molecule has 3 aromatic carbocycles. The molecule has 5 rings (SSSR count). The van der Waals surface area contributed by atoms with Crippen LogP contribution < -0.4 is 5.32 Å². The van der Waals surface area contributed by atoms with Gasteiger partial charge in [0.05, 0.1) is 16.3 Å². The lowest BCUT2D eigenvalue weighted by Gasteiger charge is -2.10. The standard InChI is InChI=1S/C25H16ClFN2O/c26-22-6-3-11-28-24(22)16-7-9-21(23(27)14-16)25(30)29-18-8-10-20-17(13-18)12-15-4-1-2-5-19(15)20/h1-11,13-14H,12H2,(H,29,30). The zero-order chi connectivity index (χ0) is 20.7. The van der Waals surface area contributed by atoms with Gasteiger partial charge in [0.1, 0.15) is 5.82 Å². The van der Waals surface area contributed by atoms with E-state index in [1.54, 1.807) is 24.4 Å². The third-order valence-electron chi connectivity index (χ3n) is 5.30. The van der Waals surface area contributed by atoms with Crippen molar-refractivity contribution in [2.75, 3.05) is 5.32 Å². The van der Waals surface area contributed by atoms with Crippen molar-refractivity contribution in [3.63, 3.8) is 0 Å². The molecule has 0 fully saturated rings. The van der Waals surface area contributed by atoms with E-state index in [2.05, 4.69) is 22.4 Å². The Morgan fingerprint density at radius 3 is 2.60 bits per heavy atom. The van der Waals surface area contributed by atoms with Gasteiger partial charge in [0.15, 0.2) is 0 Å². The van der Waals surface area contributed by atoms with Gasteiger partial charge < -0.3 is 5.32 Å². The minimum atomic E-state index is -0.625. The van der Waals surface area contributed by atoms with E-state index in [1.165, 1.54) is 28.8 Å². The Morgan fingerprint density at radius 2 is 1.77 bits per heavy atom. The lowest BCUT2D eigenvalue weighted by molar-refractivity contribution is 0.102. The van der Waals surface area contributed by atoms with Gasteiger partial charge in [0, 0.05) is 17.4 Å². The minimum Gasteiger partial charge on any atom is -0.322 e. The average Bonchev–Trinajstić information content (AvgIpc) is 3.11. The van der Waals surface area contributed by atoms with Gasteiger partial charge in [-0.05, 0) is 65.1 Å². The lowest BCUT2D eigenvalue weighted by atomic mass is 10.0. The molecule has 5 heteroatoms. The summed E-state index contributed by atoms with van der Waals surface area (Å²) < 4.78 is 14.7. The first-order valence-corrected chi connectivity index (χ1v) is 9.91. The summed E-state index contributed by atoms with van der Waals surface area (Å²) in [5.74, 6) is -1.12. The molecule has 0 radical (unpaired) electrons. The second kappa shape index (κ2) is 7.39. The SMILES string of the molecule is O=C(Nc1ccc2c(c1)Cc1ccccc1-2)c1ccc(-c2ncccc2Cl)cc1F. The molecule has 1 N–H and O–H groups in total. The van der Waals surface area contributed by atoms with Crippen molar-refractivity contribution in [1.82, 2.24) is 4.98 Å². The van der Waals surface area contributed by atoms with E-state index in [4.69, 9.17) is 11.6 Å². The maximum atomic E-state index is 14.7. The van der Waals surface area contributed by atoms with Crippen LogP contribution in [0.3, 0.4) is 0 Å². The van der Waals surface area contributed by atoms with Gasteiger partial charge in [-0.2, -0.15) is 0 Å². The fraction of sp³-hybridized carbons (Fsp3) is 0.0400. The highest BCUT2D eigenvalue weighted by Crippen LogP contribution is 2.37. The van der Waals surface area contributed by atoms with Crippen LogP contribution in [0.25, 0.3) is 22.4 Å². The highest BCUT2D eigenvalue weighted by atomic mass is 35.5. The summed E-state index contributed by atoms with van der Waals surface area (Å²) in [4.78, 5) is 16.9. The van der Waals surface area contributed by atoms with Crippen LogP contribution in [0.2, 0.25) is 5.02 Å². The molecule has 0 unspecified atom stereocenters. The fourth-order valence-electron chi connectivity index (χ4n) is 3.87. The zero-order valence-corrected chi connectivity index (χ0v) is 16.6. The summed E-state index contributed by atoms with van der Waals surface area (Å²) in [6, 6.07) is 21.8. The van der Waals surface area contributed by atoms with Crippen LogP contribution in [0.1, 0.15) is 21.5 Å². The molecule has 0 saturated carbocycles. The van der Waals surface area contributed by atoms with Gasteiger partial charge in [0.25, 0.3) is 5.91 Å². The molecule has 1 aromatic heterocycles. The minimum absolute atomic E-state index is 0.0328. The summed E-state index contributed by atoms with van der Waals surface area (Å²) in [6.45, 7) is 0. The van der Waals surface area contributed by atoms with E-state index < -0.39 is 11.7 Å². The van der Waals surface area contributed by atoms with Crippen LogP contribution in [0.5, 0.6) is 0 Å². The molecule has 3 nitrogen and oxygen atoms in total. The number of amides is 1. The van der Waals surface area contributed by atoms with E-state index in [9.17, 15) is 9.18 Å². The number of nitrogens with one attached hydrogen (secondary N) is 1. The molecule has 0 saturated heterocycles. The Balaban J connectivity index is 1.39. The largest absolute Gasteiger partial charge is 0.322 e. The molecule has 146 valence electrons. The Hall–Kier alpha value is -3.50. The summed E-state index contributed by atoms with van der Waals surface area (Å²) in [6.07, 6.45) is 2.41. The summed E-state index contributed by atoms with van der Waals surface area (Å²) in [5, 5.41) is 3.23. The van der Waals surface area contributed by atoms with Crippen molar-refractivity contribution in [2.45, 2.75) is 6.42 Å². The first-order valence-electron chi connectivity index (χ1n) is 9.53. The lowest BCUT2D eigenvalue weighted by Crippen LogP contribution is -2.14. The Morgan fingerprint density at radius 1 is 0.933 bits per heavy atom. The summed E-state index contributed by atoms with van der Waals surface area (Å²) >= 11 is 6.14. The monoisotopic (exact) mass is 414 g/mol. The zero-order valence-electron chi connectivity index (χ0n) is 15.8. The first kappa shape index (κ1) is 18.5. The average molecular weight is 415 g/mol. The molecule has 0 aliphatic heterocycles. The number of aromatic nitrogens is 1. The predicted molar refractivity (Wildman–Crippen MR) is 117 cm³/mol. The number of halogens is 2. The van der Waals surface area contributed by atoms with E-state index in [-0.39, 0.29) is 5.56 Å². The maximum absolute atomic E-state index is 14.7. The number of rotatable bonds is 3. The van der Waals surface area contributed by atoms with Gasteiger partial charge in [0.2, 0.25) is 0 Å². The number of anilines is 1. The summed E-state index contributed by atoms with van der Waals surface area (Å²) in [5.41, 5.74) is 6.41. The molecule has 1 aliphatic rings. The van der Waals surface area contributed by atoms with E-state index >= 15 is 0 Å². The molecule has 4 aromatic rings. The van der Waals surface area contributed by atoms with Crippen molar-refractivity contribution in [3.05, 3.63) is 107 Å². The maximum Gasteiger partial charge on any atom is 0.258 e. The fourth-order valence-corrected chi connectivity index (χ4v) is 4.10. The first-order chi connectivity index (χ1) is 14.6. The van der Waals surface area contributed by atoms with Crippen LogP contribution >= 0.6 is 11.6 Å². The smallest absolute Gasteiger partial charge is 0.258 e. The number of pyridine rings is 1. The normalized spacial score (nSPS) is 11.7. The van der Waals surface area contributed by atoms with E-state index in [1.807, 2.05) is 30.3 Å². The van der Waals surface area contributed by atoms with Gasteiger partial charge >= 0.3 is 0 Å². The van der Waals surface area contributed by atoms with Crippen LogP contribution in [0, 0.1) is 5.82 Å². The van der Waals surface area contributed by atoms with Gasteiger partial charge in [-0.1, -0.05) is 48.0 Å². The Labute approximate surface area is 178 Å². The number of hydrogen-bond acceptors (Lipinski definition) is 2. The van der Waals surface area contributed by atoms with Crippen LogP contribution in [0.15, 0.2) is 79.0 Å². The topological polar surface area (TPSA) is 42.0 Å². The Kier molecular flexibility index (Phi) is 4.57. The highest BCUT2D eigenvalue weighted by molar-refractivity contribution is 6.33. The van der Waals surface area contributed by atoms with Crippen molar-refractivity contribution < 1.29 is 9.18 Å². The molecule has 0 atom stereocenters. The molecular weight excluding hydrogens is 399 g/mol. The third kappa shape index (κ3) is 3.25. The highest BCUT2D eigenvalue weighted by Gasteiger charge is 2.19. The van der Waals surface area contributed by atoms with Crippen molar-refractivity contribution in [1.29, 1.82) is 0 Å². The number of hydrogen-bond donors (Lipinski definition) is 1. The second-order valence-corrected chi connectivity index (χ2v) is 7.60. The molecule has 0 spiro atoms. The van der Waals surface area contributed by atoms with Gasteiger partial charge in [-0.25, -0.2) is 4.39 Å². The van der Waals surface area contributed by atoms with Crippen molar-refractivity contribution in [2.24, 2.45) is 0 Å². The number of fused-ring (bicyclic) bond motifs is 3. The van der Waals surface area contributed by atoms with Crippen LogP contribution in [-0.4, -0.2) is 10.9 Å². The van der Waals surface area contributed by atoms with Gasteiger partial charge in [-0.15, -0.1) is 0 Å². The van der Waals surface area contributed by atoms with Crippen LogP contribution in [0.4, 0.5) is 10.1 Å². The summed E-state index contributed by atoms with van der Waals surface area (Å²) in [7, 11) is 0. The van der Waals surface area contributed by atoms with Gasteiger partial charge in [-0.3, -0.25) is 9.78 Å². The van der Waals surface area contributed by atoms with Crippen molar-refractivity contribution >= 4 is 23.2 Å². The van der Waals surface area contributed by atoms with Crippen molar-refractivity contribution in [3.8, 4) is 22.4 Å². The molecule has 1 aliphatic carbocycles. The number of carbonyl (C=O) groups is 1. The number of nitrogens with zero attached hydrogens (tertiary/aromatic N) is 1. The molecule has 30 heavy (non-hydrogen) atoms. The molecule has 0 bridgehead atoms. The number of benzene rings is 3. The predicted octanol–water partition coefficient (Wildman–Crippen LogP) is 6.36. The Bertz CT molecular complexity index is 1300. The van der Waals surface area contributed by atoms with E-state index in [0.717, 1.165) is 12.0 Å². The third-order valence-corrected chi connectivity index (χ3v) is 5.60. The number of carbonyl (C=O) groups excluding carboxylic acids is 1. The molecular formula is C25H16ClFN2O.